The lowest BCUT2D eigenvalue weighted by molar-refractivity contribution is -0.360. The van der Waals surface area contributed by atoms with Crippen LogP contribution in [0.3, 0.4) is 0 Å². The highest BCUT2D eigenvalue weighted by molar-refractivity contribution is 5.69. The molecule has 188 valence electrons. The smallest absolute Gasteiger partial charge is 0.303 e. The van der Waals surface area contributed by atoms with Gasteiger partial charge in [-0.05, 0) is 18.4 Å². The van der Waals surface area contributed by atoms with Gasteiger partial charge < -0.3 is 28.8 Å². The topological polar surface area (TPSA) is 135 Å². The summed E-state index contributed by atoms with van der Waals surface area (Å²) < 4.78 is 27.3. The van der Waals surface area contributed by atoms with Crippen molar-refractivity contribution in [3.8, 4) is 0 Å². The molecule has 0 amide bonds. The van der Waals surface area contributed by atoms with E-state index in [9.17, 15) is 24.3 Å². The van der Waals surface area contributed by atoms with Crippen molar-refractivity contribution in [3.63, 3.8) is 0 Å². The number of esters is 4. The Bertz CT molecular complexity index is 940. The Balaban J connectivity index is 2.77. The Labute approximate surface area is 198 Å². The Kier molecular flexibility index (Phi) is 8.79. The third-order valence-electron chi connectivity index (χ3n) is 5.27. The van der Waals surface area contributed by atoms with Crippen molar-refractivity contribution in [1.82, 2.24) is 0 Å². The van der Waals surface area contributed by atoms with E-state index in [1.807, 2.05) is 32.9 Å². The molecule has 10 heteroatoms. The zero-order chi connectivity index (χ0) is 25.8. The van der Waals surface area contributed by atoms with Crippen molar-refractivity contribution in [2.45, 2.75) is 84.6 Å². The van der Waals surface area contributed by atoms with Crippen molar-refractivity contribution in [1.29, 1.82) is 0 Å². The quantitative estimate of drug-likeness (QED) is 0.456. The molecular formula is C24H32O10. The third kappa shape index (κ3) is 6.32. The molecule has 1 unspecified atom stereocenters. The van der Waals surface area contributed by atoms with Crippen molar-refractivity contribution in [2.75, 3.05) is 6.61 Å². The maximum absolute atomic E-state index is 12.1. The number of rotatable bonds is 7. The highest BCUT2D eigenvalue weighted by Gasteiger charge is 2.61. The van der Waals surface area contributed by atoms with Gasteiger partial charge in [-0.15, -0.1) is 0 Å². The summed E-state index contributed by atoms with van der Waals surface area (Å²) in [6, 6.07) is 5.33. The number of carbonyl (C=O) groups excluding carboxylic acids is 4. The summed E-state index contributed by atoms with van der Waals surface area (Å²) in [6.45, 7) is 9.75. The Morgan fingerprint density at radius 1 is 0.941 bits per heavy atom. The van der Waals surface area contributed by atoms with Crippen LogP contribution in [0.25, 0.3) is 0 Å². The molecular weight excluding hydrogens is 448 g/mol. The fourth-order valence-corrected chi connectivity index (χ4v) is 3.98. The summed E-state index contributed by atoms with van der Waals surface area (Å²) >= 11 is 0. The van der Waals surface area contributed by atoms with Crippen molar-refractivity contribution in [2.24, 2.45) is 0 Å². The molecule has 1 aromatic carbocycles. The maximum Gasteiger partial charge on any atom is 0.303 e. The van der Waals surface area contributed by atoms with Gasteiger partial charge in [0, 0.05) is 33.3 Å². The number of aliphatic hydroxyl groups is 1. The molecule has 5 atom stereocenters. The maximum atomic E-state index is 12.1. The molecule has 0 saturated carbocycles. The van der Waals surface area contributed by atoms with Gasteiger partial charge in [-0.2, -0.15) is 0 Å². The van der Waals surface area contributed by atoms with E-state index in [2.05, 4.69) is 0 Å². The molecule has 1 saturated heterocycles. The molecule has 2 rings (SSSR count). The number of hydrogen-bond acceptors (Lipinski definition) is 10. The average Bonchev–Trinajstić information content (AvgIpc) is 2.70. The van der Waals surface area contributed by atoms with Crippen molar-refractivity contribution in [3.05, 3.63) is 34.9 Å². The highest BCUT2D eigenvalue weighted by atomic mass is 16.7. The molecule has 34 heavy (non-hydrogen) atoms. The molecule has 1 fully saturated rings. The van der Waals surface area contributed by atoms with Crippen molar-refractivity contribution >= 4 is 23.9 Å². The molecule has 0 aromatic heterocycles. The van der Waals surface area contributed by atoms with E-state index in [0.29, 0.717) is 5.56 Å². The second-order valence-corrected chi connectivity index (χ2v) is 8.58. The SMILES string of the molecule is CC(=O)OC[C@H]1OC(O)(c2cc(C)ccc2C(C)C)[C@H](OC(C)=O)[C@@H](OC(C)=O)[C@@H]1OC(C)=O. The van der Waals surface area contributed by atoms with Crippen LogP contribution in [0.5, 0.6) is 0 Å². The molecule has 10 nitrogen and oxygen atoms in total. The van der Waals surface area contributed by atoms with E-state index < -0.39 is 60.7 Å². The van der Waals surface area contributed by atoms with Gasteiger partial charge in [-0.3, -0.25) is 19.2 Å². The van der Waals surface area contributed by atoms with E-state index >= 15 is 0 Å². The van der Waals surface area contributed by atoms with Gasteiger partial charge in [0.25, 0.3) is 0 Å². The number of hydrogen-bond donors (Lipinski definition) is 1. The van der Waals surface area contributed by atoms with Gasteiger partial charge in [0.05, 0.1) is 0 Å². The summed E-state index contributed by atoms with van der Waals surface area (Å²) in [4.78, 5) is 47.5. The highest BCUT2D eigenvalue weighted by Crippen LogP contribution is 2.43. The first-order chi connectivity index (χ1) is 15.8. The van der Waals surface area contributed by atoms with Crippen LogP contribution in [0.4, 0.5) is 0 Å². The summed E-state index contributed by atoms with van der Waals surface area (Å²) in [5.74, 6) is -5.36. The third-order valence-corrected chi connectivity index (χ3v) is 5.27. The summed E-state index contributed by atoms with van der Waals surface area (Å²) in [6.07, 6.45) is -5.68. The largest absolute Gasteiger partial charge is 0.463 e. The van der Waals surface area contributed by atoms with Gasteiger partial charge in [-0.1, -0.05) is 37.6 Å². The minimum Gasteiger partial charge on any atom is -0.463 e. The second-order valence-electron chi connectivity index (χ2n) is 8.58. The van der Waals surface area contributed by atoms with Gasteiger partial charge >= 0.3 is 23.9 Å². The van der Waals surface area contributed by atoms with Crippen LogP contribution in [0, 0.1) is 6.92 Å². The van der Waals surface area contributed by atoms with E-state index in [1.165, 1.54) is 6.92 Å². The molecule has 0 bridgehead atoms. The predicted molar refractivity (Wildman–Crippen MR) is 117 cm³/mol. The monoisotopic (exact) mass is 480 g/mol. The number of carbonyl (C=O) groups is 4. The van der Waals surface area contributed by atoms with Gasteiger partial charge in [0.2, 0.25) is 11.9 Å². The lowest BCUT2D eigenvalue weighted by Gasteiger charge is -2.49. The van der Waals surface area contributed by atoms with Crippen LogP contribution in [0.2, 0.25) is 0 Å². The molecule has 1 aliphatic heterocycles. The van der Waals surface area contributed by atoms with E-state index in [-0.39, 0.29) is 11.5 Å². The Morgan fingerprint density at radius 3 is 2.00 bits per heavy atom. The normalized spacial score (nSPS) is 26.5. The molecule has 0 aliphatic carbocycles. The first-order valence-electron chi connectivity index (χ1n) is 10.9. The molecule has 0 radical (unpaired) electrons. The molecule has 1 heterocycles. The zero-order valence-electron chi connectivity index (χ0n) is 20.4. The Hall–Kier alpha value is -2.98. The van der Waals surface area contributed by atoms with E-state index in [1.54, 1.807) is 6.07 Å². The van der Waals surface area contributed by atoms with Crippen LogP contribution in [0.1, 0.15) is 64.2 Å². The summed E-state index contributed by atoms with van der Waals surface area (Å²) in [7, 11) is 0. The van der Waals surface area contributed by atoms with Crippen LogP contribution < -0.4 is 0 Å². The molecule has 1 N–H and O–H groups in total. The standard InChI is InChI=1S/C24H32O10/c1-12(2)18-9-8-13(3)10-19(18)24(29)23(33-17(7)28)22(32-16(6)27)21(31-15(5)26)20(34-24)11-30-14(4)25/h8-10,12,20-23,29H,11H2,1-7H3/t20-,21-,22+,23-,24?/m1/s1. The predicted octanol–water partition coefficient (Wildman–Crippen LogP) is 2.02. The van der Waals surface area contributed by atoms with Crippen molar-refractivity contribution < 1.29 is 48.0 Å². The first kappa shape index (κ1) is 27.3. The summed E-state index contributed by atoms with van der Waals surface area (Å²) in [5, 5.41) is 12.0. The van der Waals surface area contributed by atoms with Crippen LogP contribution >= 0.6 is 0 Å². The van der Waals surface area contributed by atoms with Gasteiger partial charge in [0.15, 0.2) is 12.2 Å². The van der Waals surface area contributed by atoms with Crippen LogP contribution in [0.15, 0.2) is 18.2 Å². The Morgan fingerprint density at radius 2 is 1.50 bits per heavy atom. The van der Waals surface area contributed by atoms with E-state index in [0.717, 1.165) is 26.3 Å². The number of benzene rings is 1. The fraction of sp³-hybridized carbons (Fsp3) is 0.583. The second kappa shape index (κ2) is 11.0. The van der Waals surface area contributed by atoms with Crippen LogP contribution in [-0.2, 0) is 48.6 Å². The minimum atomic E-state index is -2.33. The number of ether oxygens (including phenoxy) is 5. The lowest BCUT2D eigenvalue weighted by atomic mass is 9.82. The van der Waals surface area contributed by atoms with E-state index in [4.69, 9.17) is 23.7 Å². The van der Waals surface area contributed by atoms with Gasteiger partial charge in [0.1, 0.15) is 12.7 Å². The fourth-order valence-electron chi connectivity index (χ4n) is 3.98. The van der Waals surface area contributed by atoms with Gasteiger partial charge in [-0.25, -0.2) is 0 Å². The average molecular weight is 481 g/mol. The molecule has 1 aromatic rings. The lowest BCUT2D eigenvalue weighted by Crippen LogP contribution is -2.66. The minimum absolute atomic E-state index is 0.0773. The van der Waals surface area contributed by atoms with Crippen LogP contribution in [-0.4, -0.2) is 60.0 Å². The molecule has 0 spiro atoms. The summed E-state index contributed by atoms with van der Waals surface area (Å²) in [5.41, 5.74) is 1.74. The first-order valence-corrected chi connectivity index (χ1v) is 10.9. The zero-order valence-corrected chi connectivity index (χ0v) is 20.4. The number of aryl methyl sites for hydroxylation is 1. The molecule has 1 aliphatic rings.